The fourth-order valence-electron chi connectivity index (χ4n) is 0. The van der Waals surface area contributed by atoms with Crippen LogP contribution in [0.3, 0.4) is 0 Å². The van der Waals surface area contributed by atoms with Crippen LogP contribution < -0.4 is 0 Å². The summed E-state index contributed by atoms with van der Waals surface area (Å²) in [5.74, 6) is 0. The zero-order valence-corrected chi connectivity index (χ0v) is 3.85. The first-order valence-electron chi connectivity index (χ1n) is 1.02. The summed E-state index contributed by atoms with van der Waals surface area (Å²) in [6, 6.07) is 0. The maximum Gasteiger partial charge on any atom is 0.298 e. The molecule has 0 heterocycles. The van der Waals surface area contributed by atoms with Gasteiger partial charge >= 0.3 is 0 Å². The minimum absolute atomic E-state index is 0. The maximum atomic E-state index is 10.4. The molecule has 0 aliphatic carbocycles. The van der Waals surface area contributed by atoms with Crippen LogP contribution in [0.2, 0.25) is 0 Å². The van der Waals surface area contributed by atoms with E-state index in [0.717, 1.165) is 0 Å². The van der Waals surface area contributed by atoms with Gasteiger partial charge in [-0.2, -0.15) is 6.29 Å². The molecule has 1 nitrogen and oxygen atoms in total. The van der Waals surface area contributed by atoms with E-state index in [2.05, 4.69) is 0 Å². The van der Waals surface area contributed by atoms with Gasteiger partial charge in [0.05, 0.1) is 0 Å². The summed E-state index contributed by atoms with van der Waals surface area (Å²) in [6.07, 6.45) is -4.91. The SMILES string of the molecule is O=[C-]C(F)(F)F.[Ni]. The van der Waals surface area contributed by atoms with E-state index in [1.165, 1.54) is 0 Å². The van der Waals surface area contributed by atoms with Crippen molar-refractivity contribution in [1.82, 2.24) is 0 Å². The molecule has 0 fully saturated rings. The fourth-order valence-corrected chi connectivity index (χ4v) is 0. The Labute approximate surface area is 47.8 Å². The van der Waals surface area contributed by atoms with E-state index in [9.17, 15) is 13.2 Å². The molecule has 0 bridgehead atoms. The van der Waals surface area contributed by atoms with Gasteiger partial charge in [-0.3, -0.25) is 0 Å². The van der Waals surface area contributed by atoms with Crippen LogP contribution >= 0.6 is 0 Å². The Morgan fingerprint density at radius 3 is 1.43 bits per heavy atom. The molecule has 0 amide bonds. The van der Waals surface area contributed by atoms with Crippen molar-refractivity contribution in [3.05, 3.63) is 0 Å². The van der Waals surface area contributed by atoms with Crippen LogP contribution in [-0.4, -0.2) is 12.5 Å². The van der Waals surface area contributed by atoms with E-state index in [4.69, 9.17) is 4.79 Å². The largest absolute Gasteiger partial charge is 0.533 e. The van der Waals surface area contributed by atoms with Crippen LogP contribution in [-0.2, 0) is 21.3 Å². The number of halogens is 3. The van der Waals surface area contributed by atoms with Gasteiger partial charge in [0.2, 0.25) is 0 Å². The van der Waals surface area contributed by atoms with Crippen molar-refractivity contribution in [2.45, 2.75) is 6.18 Å². The molecule has 46 valence electrons. The van der Waals surface area contributed by atoms with E-state index in [0.29, 0.717) is 0 Å². The van der Waals surface area contributed by atoms with Crippen molar-refractivity contribution in [2.75, 3.05) is 0 Å². The zero-order chi connectivity index (χ0) is 5.21. The van der Waals surface area contributed by atoms with Crippen molar-refractivity contribution in [1.29, 1.82) is 0 Å². The van der Waals surface area contributed by atoms with Gasteiger partial charge < -0.3 is 4.79 Å². The third-order valence-electron chi connectivity index (χ3n) is 0.116. The molecule has 7 heavy (non-hydrogen) atoms. The van der Waals surface area contributed by atoms with Crippen LogP contribution in [0.15, 0.2) is 0 Å². The molecular formula is C2F3NiO-. The van der Waals surface area contributed by atoms with Crippen LogP contribution in [0.5, 0.6) is 0 Å². The van der Waals surface area contributed by atoms with Gasteiger partial charge in [-0.25, -0.2) is 13.2 Å². The van der Waals surface area contributed by atoms with Gasteiger partial charge in [-0.1, -0.05) is 0 Å². The quantitative estimate of drug-likeness (QED) is 0.371. The molecule has 0 rings (SSSR count). The second-order valence-corrected chi connectivity index (χ2v) is 0.600. The van der Waals surface area contributed by atoms with Crippen LogP contribution in [0.4, 0.5) is 13.2 Å². The minimum Gasteiger partial charge on any atom is -0.533 e. The van der Waals surface area contributed by atoms with Crippen LogP contribution in [0, 0.1) is 0 Å². The molecule has 0 N–H and O–H groups in total. The smallest absolute Gasteiger partial charge is 0.298 e. The van der Waals surface area contributed by atoms with Gasteiger partial charge in [0.25, 0.3) is 6.18 Å². The average molecular weight is 156 g/mol. The molecule has 0 spiro atoms. The first-order chi connectivity index (χ1) is 2.56. The van der Waals surface area contributed by atoms with Crippen molar-refractivity contribution in [2.24, 2.45) is 0 Å². The Bertz CT molecular complexity index is 58.4. The van der Waals surface area contributed by atoms with E-state index in [1.54, 1.807) is 0 Å². The first kappa shape index (κ1) is 10.0. The van der Waals surface area contributed by atoms with Crippen molar-refractivity contribution < 1.29 is 34.5 Å². The normalized spacial score (nSPS) is 9.57. The van der Waals surface area contributed by atoms with Gasteiger partial charge in [0.15, 0.2) is 0 Å². The third kappa shape index (κ3) is 10.7. The molecule has 0 aliphatic rings. The molecular weight excluding hydrogens is 156 g/mol. The Morgan fingerprint density at radius 2 is 1.43 bits per heavy atom. The topological polar surface area (TPSA) is 17.1 Å². The Hall–Kier alpha value is -0.0465. The second-order valence-electron chi connectivity index (χ2n) is 0.600. The summed E-state index contributed by atoms with van der Waals surface area (Å²) in [6.45, 7) is 0. The maximum absolute atomic E-state index is 10.4. The number of hydrogen-bond acceptors (Lipinski definition) is 1. The number of hydrogen-bond donors (Lipinski definition) is 0. The van der Waals surface area contributed by atoms with Crippen LogP contribution in [0.1, 0.15) is 0 Å². The Morgan fingerprint density at radius 1 is 1.29 bits per heavy atom. The summed E-state index contributed by atoms with van der Waals surface area (Å²) in [7, 11) is 0. The molecule has 0 aliphatic heterocycles. The van der Waals surface area contributed by atoms with Gasteiger partial charge in [-0.15, -0.1) is 0 Å². The predicted octanol–water partition coefficient (Wildman–Crippen LogP) is 0.656. The molecule has 0 saturated heterocycles. The van der Waals surface area contributed by atoms with Gasteiger partial charge in [-0.05, 0) is 0 Å². The summed E-state index contributed by atoms with van der Waals surface area (Å²) in [5.41, 5.74) is 0. The van der Waals surface area contributed by atoms with Gasteiger partial charge in [0.1, 0.15) is 0 Å². The predicted molar refractivity (Wildman–Crippen MR) is 11.7 cm³/mol. The fraction of sp³-hybridized carbons (Fsp3) is 0.500. The molecule has 0 unspecified atom stereocenters. The van der Waals surface area contributed by atoms with Crippen molar-refractivity contribution >= 4 is 6.29 Å². The van der Waals surface area contributed by atoms with Crippen molar-refractivity contribution in [3.8, 4) is 0 Å². The summed E-state index contributed by atoms with van der Waals surface area (Å²) < 4.78 is 31.1. The van der Waals surface area contributed by atoms with Crippen LogP contribution in [0.25, 0.3) is 0 Å². The number of rotatable bonds is 0. The summed E-state index contributed by atoms with van der Waals surface area (Å²) >= 11 is 0. The van der Waals surface area contributed by atoms with Gasteiger partial charge in [0, 0.05) is 16.5 Å². The average Bonchev–Trinajstić information content (AvgIpc) is 1.35. The van der Waals surface area contributed by atoms with E-state index in [1.807, 2.05) is 0 Å². The van der Waals surface area contributed by atoms with E-state index < -0.39 is 6.18 Å². The number of alkyl halides is 3. The van der Waals surface area contributed by atoms with E-state index >= 15 is 0 Å². The zero-order valence-electron chi connectivity index (χ0n) is 2.86. The second kappa shape index (κ2) is 3.02. The standard InChI is InChI=1S/C2F3O.Ni/c3-2(4,5)1-6;/q-1;. The molecule has 0 atom stereocenters. The molecule has 0 saturated carbocycles. The molecule has 0 radical (unpaired) electrons. The molecule has 0 aromatic heterocycles. The monoisotopic (exact) mass is 155 g/mol. The van der Waals surface area contributed by atoms with E-state index in [-0.39, 0.29) is 22.8 Å². The van der Waals surface area contributed by atoms with Crippen molar-refractivity contribution in [3.63, 3.8) is 0 Å². The molecule has 0 aromatic rings. The Kier molecular flexibility index (Phi) is 4.34. The molecule has 0 aromatic carbocycles. The summed E-state index contributed by atoms with van der Waals surface area (Å²) in [4.78, 5) is 8.58. The molecule has 5 heteroatoms. The number of carbonyl (C=O) groups excluding carboxylic acids is 1. The first-order valence-corrected chi connectivity index (χ1v) is 1.02. The Balaban J connectivity index is 0. The summed E-state index contributed by atoms with van der Waals surface area (Å²) in [5, 5.41) is 0. The minimum atomic E-state index is -4.76. The third-order valence-corrected chi connectivity index (χ3v) is 0.116.